The number of rotatable bonds is 8. The van der Waals surface area contributed by atoms with E-state index in [1.54, 1.807) is 0 Å². The number of carbonyl (C=O) groups is 1. The van der Waals surface area contributed by atoms with Gasteiger partial charge in [-0.1, -0.05) is 65.8 Å². The summed E-state index contributed by atoms with van der Waals surface area (Å²) in [5.74, 6) is -0.540. The van der Waals surface area contributed by atoms with Crippen molar-refractivity contribution >= 4 is 5.97 Å². The molecule has 22 heavy (non-hydrogen) atoms. The normalized spacial score (nSPS) is 11.6. The van der Waals surface area contributed by atoms with Gasteiger partial charge in [0.1, 0.15) is 0 Å². The maximum Gasteiger partial charge on any atom is 0.334 e. The molecule has 1 unspecified atom stereocenters. The third kappa shape index (κ3) is 5.13. The smallest absolute Gasteiger partial charge is 0.334 e. The van der Waals surface area contributed by atoms with Crippen LogP contribution in [-0.4, -0.2) is 18.6 Å². The topological polar surface area (TPSA) is 55.7 Å². The second-order valence-electron chi connectivity index (χ2n) is 5.05. The fourth-order valence-electron chi connectivity index (χ4n) is 2.17. The minimum Gasteiger partial charge on any atom is -0.464 e. The van der Waals surface area contributed by atoms with Gasteiger partial charge in [-0.3, -0.25) is 0 Å². The number of hydrogen-bond acceptors (Lipinski definition) is 4. The zero-order valence-electron chi connectivity index (χ0n) is 12.4. The summed E-state index contributed by atoms with van der Waals surface area (Å²) in [5.41, 5.74) is 2.17. The minimum atomic E-state index is -0.934. The van der Waals surface area contributed by atoms with Crippen LogP contribution in [0.15, 0.2) is 65.8 Å². The van der Waals surface area contributed by atoms with E-state index in [-0.39, 0.29) is 6.61 Å². The molecule has 4 nitrogen and oxygen atoms in total. The van der Waals surface area contributed by atoms with E-state index in [9.17, 15) is 9.70 Å². The van der Waals surface area contributed by atoms with Crippen LogP contribution in [0.2, 0.25) is 0 Å². The predicted octanol–water partition coefficient (Wildman–Crippen LogP) is 3.54. The van der Waals surface area contributed by atoms with Crippen LogP contribution in [-0.2, 0) is 22.4 Å². The van der Waals surface area contributed by atoms with Crippen molar-refractivity contribution in [3.63, 3.8) is 0 Å². The summed E-state index contributed by atoms with van der Waals surface area (Å²) in [7, 11) is 0. The Morgan fingerprint density at radius 1 is 0.909 bits per heavy atom. The van der Waals surface area contributed by atoms with Gasteiger partial charge in [-0.05, 0) is 24.0 Å². The van der Waals surface area contributed by atoms with Crippen molar-refractivity contribution in [2.45, 2.75) is 25.3 Å². The number of benzene rings is 2. The molecule has 0 N–H and O–H groups in total. The number of esters is 1. The van der Waals surface area contributed by atoms with E-state index < -0.39 is 12.0 Å². The highest BCUT2D eigenvalue weighted by Gasteiger charge is 2.20. The van der Waals surface area contributed by atoms with Crippen LogP contribution in [0.3, 0.4) is 0 Å². The van der Waals surface area contributed by atoms with Crippen LogP contribution in [0.5, 0.6) is 0 Å². The molecule has 1 atom stereocenters. The molecule has 0 aliphatic rings. The van der Waals surface area contributed by atoms with Gasteiger partial charge in [0, 0.05) is 6.42 Å². The molecule has 0 aliphatic heterocycles. The number of nitrogens with zero attached hydrogens (tertiary/aromatic N) is 1. The van der Waals surface area contributed by atoms with Gasteiger partial charge in [-0.2, -0.15) is 0 Å². The average Bonchev–Trinajstić information content (AvgIpc) is 2.57. The summed E-state index contributed by atoms with van der Waals surface area (Å²) in [6.07, 6.45) is 1.64. The summed E-state index contributed by atoms with van der Waals surface area (Å²) >= 11 is 0. The number of carbonyl (C=O) groups excluding carboxylic acids is 1. The Balaban J connectivity index is 1.75. The number of aryl methyl sites for hydroxylation is 1. The SMILES string of the molecule is O=NC(CCc1ccccc1)C(=O)OCCc1ccccc1. The first-order valence-corrected chi connectivity index (χ1v) is 7.36. The summed E-state index contributed by atoms with van der Waals surface area (Å²) < 4.78 is 5.15. The molecule has 2 aromatic carbocycles. The molecule has 0 heterocycles. The van der Waals surface area contributed by atoms with E-state index in [1.807, 2.05) is 60.7 Å². The molecular weight excluding hydrogens is 278 g/mol. The Hall–Kier alpha value is -2.49. The molecule has 2 aromatic rings. The molecule has 2 rings (SSSR count). The molecule has 0 aliphatic carbocycles. The highest BCUT2D eigenvalue weighted by atomic mass is 16.5. The van der Waals surface area contributed by atoms with Crippen LogP contribution >= 0.6 is 0 Å². The first kappa shape index (κ1) is 15.9. The molecule has 0 amide bonds. The Morgan fingerprint density at radius 2 is 1.45 bits per heavy atom. The van der Waals surface area contributed by atoms with Crippen molar-refractivity contribution in [1.82, 2.24) is 0 Å². The van der Waals surface area contributed by atoms with Gasteiger partial charge in [-0.25, -0.2) is 4.79 Å². The molecule has 0 bridgehead atoms. The molecule has 0 aromatic heterocycles. The van der Waals surface area contributed by atoms with E-state index in [0.29, 0.717) is 19.3 Å². The molecule has 0 saturated heterocycles. The lowest BCUT2D eigenvalue weighted by Gasteiger charge is -2.09. The first-order valence-electron chi connectivity index (χ1n) is 7.36. The van der Waals surface area contributed by atoms with E-state index in [0.717, 1.165) is 11.1 Å². The van der Waals surface area contributed by atoms with E-state index in [2.05, 4.69) is 5.18 Å². The quantitative estimate of drug-likeness (QED) is 0.553. The summed E-state index contributed by atoms with van der Waals surface area (Å²) in [6.45, 7) is 0.264. The van der Waals surface area contributed by atoms with Crippen LogP contribution in [0, 0.1) is 4.91 Å². The fraction of sp³-hybridized carbons (Fsp3) is 0.278. The maximum absolute atomic E-state index is 11.9. The predicted molar refractivity (Wildman–Crippen MR) is 85.5 cm³/mol. The third-order valence-electron chi connectivity index (χ3n) is 3.43. The number of hydrogen-bond donors (Lipinski definition) is 0. The largest absolute Gasteiger partial charge is 0.464 e. The molecule has 114 valence electrons. The van der Waals surface area contributed by atoms with Gasteiger partial charge < -0.3 is 4.74 Å². The van der Waals surface area contributed by atoms with Crippen molar-refractivity contribution in [3.05, 3.63) is 76.7 Å². The number of ether oxygens (including phenoxy) is 1. The first-order chi connectivity index (χ1) is 10.8. The Morgan fingerprint density at radius 3 is 2.00 bits per heavy atom. The van der Waals surface area contributed by atoms with Gasteiger partial charge in [0.05, 0.1) is 6.61 Å². The van der Waals surface area contributed by atoms with Crippen LogP contribution < -0.4 is 0 Å². The zero-order chi connectivity index (χ0) is 15.6. The van der Waals surface area contributed by atoms with Crippen molar-refractivity contribution in [1.29, 1.82) is 0 Å². The van der Waals surface area contributed by atoms with Crippen molar-refractivity contribution in [2.75, 3.05) is 6.61 Å². The third-order valence-corrected chi connectivity index (χ3v) is 3.43. The molecule has 0 fully saturated rings. The summed E-state index contributed by atoms with van der Waals surface area (Å²) in [6, 6.07) is 18.5. The molecule has 0 spiro atoms. The lowest BCUT2D eigenvalue weighted by atomic mass is 10.1. The van der Waals surface area contributed by atoms with Crippen molar-refractivity contribution in [3.8, 4) is 0 Å². The lowest BCUT2D eigenvalue weighted by molar-refractivity contribution is -0.145. The maximum atomic E-state index is 11.9. The molecule has 4 heteroatoms. The van der Waals surface area contributed by atoms with Crippen LogP contribution in [0.1, 0.15) is 17.5 Å². The summed E-state index contributed by atoms with van der Waals surface area (Å²) in [4.78, 5) is 22.7. The Kier molecular flexibility index (Phi) is 6.30. The van der Waals surface area contributed by atoms with Crippen LogP contribution in [0.4, 0.5) is 0 Å². The van der Waals surface area contributed by atoms with Gasteiger partial charge >= 0.3 is 5.97 Å². The fourth-order valence-corrected chi connectivity index (χ4v) is 2.17. The lowest BCUT2D eigenvalue weighted by Crippen LogP contribution is -2.22. The van der Waals surface area contributed by atoms with Gasteiger partial charge in [-0.15, -0.1) is 4.91 Å². The highest BCUT2D eigenvalue weighted by Crippen LogP contribution is 2.09. The van der Waals surface area contributed by atoms with E-state index in [4.69, 9.17) is 4.74 Å². The van der Waals surface area contributed by atoms with Crippen molar-refractivity contribution < 1.29 is 9.53 Å². The van der Waals surface area contributed by atoms with E-state index in [1.165, 1.54) is 0 Å². The van der Waals surface area contributed by atoms with E-state index >= 15 is 0 Å². The average molecular weight is 297 g/mol. The van der Waals surface area contributed by atoms with Gasteiger partial charge in [0.15, 0.2) is 6.04 Å². The second-order valence-corrected chi connectivity index (χ2v) is 5.05. The number of nitroso groups, excluding NO2 is 1. The highest BCUT2D eigenvalue weighted by molar-refractivity contribution is 5.75. The molecule has 0 saturated carbocycles. The van der Waals surface area contributed by atoms with Gasteiger partial charge in [0.2, 0.25) is 0 Å². The monoisotopic (exact) mass is 297 g/mol. The molecular formula is C18H19NO3. The zero-order valence-corrected chi connectivity index (χ0v) is 12.4. The Bertz CT molecular complexity index is 584. The molecule has 0 radical (unpaired) electrons. The minimum absolute atomic E-state index is 0.264. The summed E-state index contributed by atoms with van der Waals surface area (Å²) in [5, 5.41) is 2.90. The standard InChI is InChI=1S/C18H19NO3/c20-18(22-14-13-16-9-5-2-6-10-16)17(19-21)12-11-15-7-3-1-4-8-15/h1-10,17H,11-14H2. The Labute approximate surface area is 130 Å². The second kappa shape index (κ2) is 8.72. The van der Waals surface area contributed by atoms with Crippen molar-refractivity contribution in [2.24, 2.45) is 5.18 Å². The van der Waals surface area contributed by atoms with Crippen LogP contribution in [0.25, 0.3) is 0 Å². The van der Waals surface area contributed by atoms with Gasteiger partial charge in [0.25, 0.3) is 0 Å².